The van der Waals surface area contributed by atoms with Crippen molar-refractivity contribution < 1.29 is 23.8 Å². The lowest BCUT2D eigenvalue weighted by Gasteiger charge is -2.24. The van der Waals surface area contributed by atoms with Crippen LogP contribution in [0.1, 0.15) is 26.3 Å². The third kappa shape index (κ3) is 3.11. The number of esters is 1. The predicted octanol–water partition coefficient (Wildman–Crippen LogP) is 2.92. The fraction of sp³-hybridized carbons (Fsp3) is 0.263. The topological polar surface area (TPSA) is 61.8 Å². The van der Waals surface area contributed by atoms with Gasteiger partial charge in [0.2, 0.25) is 0 Å². The Kier molecular flexibility index (Phi) is 4.51. The summed E-state index contributed by atoms with van der Waals surface area (Å²) in [4.78, 5) is 24.4. The number of ketones is 1. The molecule has 1 aliphatic rings. The first-order valence-corrected chi connectivity index (χ1v) is 7.64. The van der Waals surface area contributed by atoms with E-state index in [0.717, 1.165) is 5.56 Å². The summed E-state index contributed by atoms with van der Waals surface area (Å²) in [6.07, 6.45) is 0.500. The van der Waals surface area contributed by atoms with Gasteiger partial charge in [-0.3, -0.25) is 4.79 Å². The van der Waals surface area contributed by atoms with Gasteiger partial charge in [-0.05, 0) is 42.3 Å². The first-order chi connectivity index (χ1) is 11.6. The van der Waals surface area contributed by atoms with Gasteiger partial charge in [0.25, 0.3) is 0 Å². The van der Waals surface area contributed by atoms with Crippen LogP contribution in [0.3, 0.4) is 0 Å². The second-order valence-corrected chi connectivity index (χ2v) is 5.63. The van der Waals surface area contributed by atoms with Crippen molar-refractivity contribution in [3.05, 3.63) is 59.2 Å². The van der Waals surface area contributed by atoms with Gasteiger partial charge in [-0.25, -0.2) is 4.79 Å². The van der Waals surface area contributed by atoms with Crippen LogP contribution in [-0.2, 0) is 11.2 Å². The molecule has 0 amide bonds. The molecule has 2 aromatic carbocycles. The minimum atomic E-state index is -0.391. The van der Waals surface area contributed by atoms with Crippen molar-refractivity contribution in [2.75, 3.05) is 20.8 Å². The van der Waals surface area contributed by atoms with E-state index in [9.17, 15) is 9.59 Å². The molecule has 24 heavy (non-hydrogen) atoms. The van der Waals surface area contributed by atoms with Crippen LogP contribution in [-0.4, -0.2) is 32.6 Å². The van der Waals surface area contributed by atoms with Crippen LogP contribution < -0.4 is 9.47 Å². The summed E-state index contributed by atoms with van der Waals surface area (Å²) >= 11 is 0. The fourth-order valence-corrected chi connectivity index (χ4v) is 2.82. The Bertz CT molecular complexity index is 781. The Morgan fingerprint density at radius 1 is 1.21 bits per heavy atom. The largest absolute Gasteiger partial charge is 0.497 e. The summed E-state index contributed by atoms with van der Waals surface area (Å²) < 4.78 is 15.6. The Balaban J connectivity index is 1.81. The van der Waals surface area contributed by atoms with E-state index in [4.69, 9.17) is 14.2 Å². The lowest BCUT2D eigenvalue weighted by atomic mass is 9.89. The Morgan fingerprint density at radius 3 is 2.79 bits per heavy atom. The number of methoxy groups -OCH3 is 2. The number of hydrogen-bond donors (Lipinski definition) is 0. The van der Waals surface area contributed by atoms with Gasteiger partial charge in [-0.2, -0.15) is 0 Å². The highest BCUT2D eigenvalue weighted by molar-refractivity contribution is 6.01. The van der Waals surface area contributed by atoms with Gasteiger partial charge in [0, 0.05) is 0 Å². The molecule has 5 nitrogen and oxygen atoms in total. The minimum absolute atomic E-state index is 0.0265. The summed E-state index contributed by atoms with van der Waals surface area (Å²) in [5, 5.41) is 0. The van der Waals surface area contributed by atoms with Crippen LogP contribution in [0.15, 0.2) is 42.5 Å². The normalized spacial score (nSPS) is 16.1. The SMILES string of the molecule is COC(=O)c1cccc(C[C@H]2COc3ccc(OC)cc3C2=O)c1. The fourth-order valence-electron chi connectivity index (χ4n) is 2.82. The molecule has 0 aromatic heterocycles. The maximum absolute atomic E-state index is 12.7. The first kappa shape index (κ1) is 16.1. The number of benzene rings is 2. The molecule has 124 valence electrons. The number of rotatable bonds is 4. The molecule has 0 fully saturated rings. The summed E-state index contributed by atoms with van der Waals surface area (Å²) in [6, 6.07) is 12.3. The summed E-state index contributed by atoms with van der Waals surface area (Å²) in [6.45, 7) is 0.320. The van der Waals surface area contributed by atoms with Crippen molar-refractivity contribution in [3.63, 3.8) is 0 Å². The van der Waals surface area contributed by atoms with Crippen LogP contribution in [0, 0.1) is 5.92 Å². The van der Waals surface area contributed by atoms with Crippen LogP contribution in [0.5, 0.6) is 11.5 Å². The number of carbonyl (C=O) groups is 2. The molecule has 0 radical (unpaired) electrons. The monoisotopic (exact) mass is 326 g/mol. The maximum Gasteiger partial charge on any atom is 0.337 e. The molecule has 0 aliphatic carbocycles. The van der Waals surface area contributed by atoms with Gasteiger partial charge in [0.15, 0.2) is 5.78 Å². The second-order valence-electron chi connectivity index (χ2n) is 5.63. The molecule has 3 rings (SSSR count). The maximum atomic E-state index is 12.7. The van der Waals surface area contributed by atoms with Crippen molar-refractivity contribution in [3.8, 4) is 11.5 Å². The number of carbonyl (C=O) groups excluding carboxylic acids is 2. The van der Waals surface area contributed by atoms with E-state index in [1.54, 1.807) is 43.5 Å². The van der Waals surface area contributed by atoms with Crippen molar-refractivity contribution in [1.82, 2.24) is 0 Å². The van der Waals surface area contributed by atoms with Crippen molar-refractivity contribution >= 4 is 11.8 Å². The van der Waals surface area contributed by atoms with Gasteiger partial charge < -0.3 is 14.2 Å². The van der Waals surface area contributed by atoms with Crippen molar-refractivity contribution in [2.24, 2.45) is 5.92 Å². The molecule has 0 unspecified atom stereocenters. The highest BCUT2D eigenvalue weighted by Crippen LogP contribution is 2.32. The minimum Gasteiger partial charge on any atom is -0.497 e. The van der Waals surface area contributed by atoms with Gasteiger partial charge in [0.1, 0.15) is 11.5 Å². The lowest BCUT2D eigenvalue weighted by Crippen LogP contribution is -2.29. The average molecular weight is 326 g/mol. The van der Waals surface area contributed by atoms with E-state index in [2.05, 4.69) is 0 Å². The van der Waals surface area contributed by atoms with E-state index in [1.807, 2.05) is 6.07 Å². The van der Waals surface area contributed by atoms with E-state index in [0.29, 0.717) is 35.7 Å². The molecule has 2 aromatic rings. The molecule has 1 aliphatic heterocycles. The molecular formula is C19H18O5. The second kappa shape index (κ2) is 6.74. The van der Waals surface area contributed by atoms with Gasteiger partial charge >= 0.3 is 5.97 Å². The zero-order valence-electron chi connectivity index (χ0n) is 13.6. The molecule has 1 atom stereocenters. The molecule has 0 saturated carbocycles. The molecular weight excluding hydrogens is 308 g/mol. The quantitative estimate of drug-likeness (QED) is 0.809. The van der Waals surface area contributed by atoms with Crippen LogP contribution in [0.2, 0.25) is 0 Å². The van der Waals surface area contributed by atoms with E-state index in [-0.39, 0.29) is 11.7 Å². The third-order valence-corrected chi connectivity index (χ3v) is 4.09. The van der Waals surface area contributed by atoms with E-state index >= 15 is 0 Å². The number of ether oxygens (including phenoxy) is 3. The summed E-state index contributed by atoms with van der Waals surface area (Å²) in [5.74, 6) is 0.550. The van der Waals surface area contributed by atoms with E-state index < -0.39 is 5.97 Å². The number of Topliss-reactive ketones (excluding diaryl/α,β-unsaturated/α-hetero) is 1. The van der Waals surface area contributed by atoms with Crippen LogP contribution >= 0.6 is 0 Å². The molecule has 0 N–H and O–H groups in total. The van der Waals surface area contributed by atoms with Crippen LogP contribution in [0.25, 0.3) is 0 Å². The zero-order valence-corrected chi connectivity index (χ0v) is 13.6. The standard InChI is InChI=1S/C19H18O5/c1-22-15-6-7-17-16(10-15)18(20)14(11-24-17)9-12-4-3-5-13(8-12)19(21)23-2/h3-8,10,14H,9,11H2,1-2H3/t14-/m0/s1. The molecule has 1 heterocycles. The molecule has 0 bridgehead atoms. The Hall–Kier alpha value is -2.82. The van der Waals surface area contributed by atoms with E-state index in [1.165, 1.54) is 7.11 Å². The van der Waals surface area contributed by atoms with Gasteiger partial charge in [0.05, 0.1) is 37.9 Å². The third-order valence-electron chi connectivity index (χ3n) is 4.09. The van der Waals surface area contributed by atoms with Gasteiger partial charge in [-0.15, -0.1) is 0 Å². The smallest absolute Gasteiger partial charge is 0.337 e. The highest BCUT2D eigenvalue weighted by Gasteiger charge is 2.29. The molecule has 5 heteroatoms. The Labute approximate surface area is 140 Å². The summed E-state index contributed by atoms with van der Waals surface area (Å²) in [5.41, 5.74) is 1.90. The van der Waals surface area contributed by atoms with Crippen molar-refractivity contribution in [1.29, 1.82) is 0 Å². The van der Waals surface area contributed by atoms with Crippen LogP contribution in [0.4, 0.5) is 0 Å². The number of fused-ring (bicyclic) bond motifs is 1. The lowest BCUT2D eigenvalue weighted by molar-refractivity contribution is 0.0600. The predicted molar refractivity (Wildman–Crippen MR) is 87.8 cm³/mol. The zero-order chi connectivity index (χ0) is 17.1. The Morgan fingerprint density at radius 2 is 2.04 bits per heavy atom. The van der Waals surface area contributed by atoms with Crippen molar-refractivity contribution in [2.45, 2.75) is 6.42 Å². The van der Waals surface area contributed by atoms with Gasteiger partial charge in [-0.1, -0.05) is 12.1 Å². The number of hydrogen-bond acceptors (Lipinski definition) is 5. The summed E-state index contributed by atoms with van der Waals surface area (Å²) in [7, 11) is 2.91. The average Bonchev–Trinajstić information content (AvgIpc) is 2.63. The molecule has 0 saturated heterocycles. The highest BCUT2D eigenvalue weighted by atomic mass is 16.5. The first-order valence-electron chi connectivity index (χ1n) is 7.64. The molecule has 0 spiro atoms.